The van der Waals surface area contributed by atoms with Gasteiger partial charge in [-0.2, -0.15) is 0 Å². The Morgan fingerprint density at radius 2 is 1.25 bits per heavy atom. The second-order valence-corrected chi connectivity index (χ2v) is 11.2. The van der Waals surface area contributed by atoms with Crippen LogP contribution in [0.2, 0.25) is 0 Å². The van der Waals surface area contributed by atoms with Crippen molar-refractivity contribution >= 4 is 19.0 Å². The molecule has 0 N–H and O–H groups in total. The molecule has 0 aromatic heterocycles. The van der Waals surface area contributed by atoms with Crippen LogP contribution in [-0.2, 0) is 13.6 Å². The van der Waals surface area contributed by atoms with Crippen LogP contribution in [0.15, 0.2) is 24.3 Å². The van der Waals surface area contributed by atoms with Crippen LogP contribution in [0.3, 0.4) is 0 Å². The van der Waals surface area contributed by atoms with E-state index in [2.05, 4.69) is 75.6 Å². The molecular weight excluding hydrogens is 419 g/mol. The van der Waals surface area contributed by atoms with Gasteiger partial charge in [-0.25, -0.2) is 0 Å². The van der Waals surface area contributed by atoms with Gasteiger partial charge >= 0.3 is 7.60 Å². The third-order valence-electron chi connectivity index (χ3n) is 6.16. The van der Waals surface area contributed by atoms with Gasteiger partial charge in [-0.15, -0.1) is 0 Å². The minimum Gasteiger partial charge on any atom is -0.351 e. The highest BCUT2D eigenvalue weighted by Gasteiger charge is 2.39. The van der Waals surface area contributed by atoms with Crippen LogP contribution in [0.5, 0.6) is 0 Å². The summed E-state index contributed by atoms with van der Waals surface area (Å²) in [4.78, 5) is 4.84. The lowest BCUT2D eigenvalue weighted by molar-refractivity contribution is 0.219. The van der Waals surface area contributed by atoms with Crippen LogP contribution in [0.1, 0.15) is 47.2 Å². The molecule has 5 nitrogen and oxygen atoms in total. The molecule has 176 valence electrons. The summed E-state index contributed by atoms with van der Waals surface area (Å²) in [7, 11) is -3.18. The molecule has 1 atom stereocenters. The zero-order valence-corrected chi connectivity index (χ0v) is 21.9. The molecule has 2 aromatic carbocycles. The van der Waals surface area contributed by atoms with Gasteiger partial charge in [0.05, 0.1) is 32.1 Å². The quantitative estimate of drug-likeness (QED) is 0.425. The van der Waals surface area contributed by atoms with Gasteiger partial charge in [0, 0.05) is 17.9 Å². The molecule has 0 radical (unpaired) electrons. The molecule has 0 saturated carbocycles. The van der Waals surface area contributed by atoms with Gasteiger partial charge in [0.2, 0.25) is 0 Å². The van der Waals surface area contributed by atoms with Crippen molar-refractivity contribution in [2.75, 3.05) is 42.4 Å². The van der Waals surface area contributed by atoms with Gasteiger partial charge in [-0.3, -0.25) is 4.57 Å². The highest BCUT2D eigenvalue weighted by Crippen LogP contribution is 2.50. The van der Waals surface area contributed by atoms with Crippen LogP contribution < -0.4 is 9.80 Å². The van der Waals surface area contributed by atoms with E-state index in [1.165, 1.54) is 44.8 Å². The minimum absolute atomic E-state index is 0.0270. The summed E-state index contributed by atoms with van der Waals surface area (Å²) in [5.41, 5.74) is 10.1. The van der Waals surface area contributed by atoms with Gasteiger partial charge in [0.15, 0.2) is 0 Å². The summed E-state index contributed by atoms with van der Waals surface area (Å²) in [5, 5.41) is 0. The minimum atomic E-state index is -3.18. The lowest BCUT2D eigenvalue weighted by Crippen LogP contribution is -2.35. The largest absolute Gasteiger partial charge is 0.351 e. The summed E-state index contributed by atoms with van der Waals surface area (Å²) in [6.45, 7) is 19.0. The molecule has 1 aliphatic heterocycles. The third-order valence-corrected chi connectivity index (χ3v) is 8.33. The van der Waals surface area contributed by atoms with Crippen LogP contribution >= 0.6 is 7.60 Å². The third kappa shape index (κ3) is 5.22. The number of aryl methyl sites for hydroxylation is 6. The van der Waals surface area contributed by atoms with E-state index in [-0.39, 0.29) is 6.04 Å². The molecule has 0 amide bonds. The maximum absolute atomic E-state index is 13.5. The number of anilines is 2. The van der Waals surface area contributed by atoms with E-state index in [1.807, 2.05) is 13.8 Å². The van der Waals surface area contributed by atoms with Gasteiger partial charge in [0.1, 0.15) is 0 Å². The lowest BCUT2D eigenvalue weighted by Gasteiger charge is -2.31. The van der Waals surface area contributed by atoms with E-state index >= 15 is 0 Å². The Labute approximate surface area is 194 Å². The first-order valence-electron chi connectivity index (χ1n) is 11.6. The number of nitrogens with zero attached hydrogens (tertiary/aromatic N) is 2. The average Bonchev–Trinajstić information content (AvgIpc) is 3.02. The van der Waals surface area contributed by atoms with E-state index in [0.29, 0.717) is 19.4 Å². The van der Waals surface area contributed by atoms with E-state index in [1.54, 1.807) is 0 Å². The number of hydrogen-bond acceptors (Lipinski definition) is 5. The van der Waals surface area contributed by atoms with Gasteiger partial charge < -0.3 is 18.8 Å². The van der Waals surface area contributed by atoms with Crippen molar-refractivity contribution in [3.05, 3.63) is 57.6 Å². The Bertz CT molecular complexity index is 964. The maximum Gasteiger partial charge on any atom is 0.332 e. The predicted octanol–water partition coefficient (Wildman–Crippen LogP) is 6.46. The SMILES string of the molecule is CCOP(=O)(CC1CN(c2c(C)cc(C)cc2C)CN1c1c(C)cc(C)cc1C)OCC. The van der Waals surface area contributed by atoms with Crippen molar-refractivity contribution in [2.24, 2.45) is 0 Å². The van der Waals surface area contributed by atoms with E-state index < -0.39 is 7.60 Å². The summed E-state index contributed by atoms with van der Waals surface area (Å²) in [5.74, 6) is 0. The zero-order valence-electron chi connectivity index (χ0n) is 21.0. The summed E-state index contributed by atoms with van der Waals surface area (Å²) in [6, 6.07) is 8.98. The lowest BCUT2D eigenvalue weighted by atomic mass is 10.0. The van der Waals surface area contributed by atoms with Crippen molar-refractivity contribution in [1.82, 2.24) is 0 Å². The van der Waals surface area contributed by atoms with Crippen LogP contribution in [0.4, 0.5) is 11.4 Å². The Balaban J connectivity index is 2.05. The van der Waals surface area contributed by atoms with E-state index in [0.717, 1.165) is 13.2 Å². The second-order valence-electron chi connectivity index (χ2n) is 9.11. The normalized spacial score (nSPS) is 16.8. The Kier molecular flexibility index (Phi) is 7.75. The maximum atomic E-state index is 13.5. The Morgan fingerprint density at radius 1 is 0.812 bits per heavy atom. The van der Waals surface area contributed by atoms with Crippen molar-refractivity contribution in [1.29, 1.82) is 0 Å². The molecule has 2 aromatic rings. The Morgan fingerprint density at radius 3 is 1.69 bits per heavy atom. The Hall–Kier alpha value is -1.81. The molecule has 6 heteroatoms. The molecule has 1 unspecified atom stereocenters. The standard InChI is InChI=1S/C26H39N2O3P/c1-9-30-32(29,31-10-2)16-24-15-27(25-20(5)11-18(3)12-21(25)6)17-28(24)26-22(7)13-19(4)14-23(26)8/h11-14,24H,9-10,15-17H2,1-8H3. The second kappa shape index (κ2) is 9.99. The zero-order chi connectivity index (χ0) is 23.6. The van der Waals surface area contributed by atoms with Crippen LogP contribution in [0, 0.1) is 41.5 Å². The first-order chi connectivity index (χ1) is 15.1. The monoisotopic (exact) mass is 458 g/mol. The summed E-state index contributed by atoms with van der Waals surface area (Å²) < 4.78 is 24.9. The van der Waals surface area contributed by atoms with Crippen LogP contribution in [-0.4, -0.2) is 38.6 Å². The molecule has 1 saturated heterocycles. The molecule has 1 aliphatic rings. The fourth-order valence-corrected chi connectivity index (χ4v) is 7.27. The smallest absolute Gasteiger partial charge is 0.332 e. The van der Waals surface area contributed by atoms with Crippen LogP contribution in [0.25, 0.3) is 0 Å². The molecule has 0 bridgehead atoms. The number of benzene rings is 2. The van der Waals surface area contributed by atoms with Crippen molar-refractivity contribution in [3.63, 3.8) is 0 Å². The van der Waals surface area contributed by atoms with E-state index in [4.69, 9.17) is 9.05 Å². The first kappa shape index (κ1) is 24.8. The molecule has 0 spiro atoms. The predicted molar refractivity (Wildman–Crippen MR) is 136 cm³/mol. The molecule has 0 aliphatic carbocycles. The molecule has 3 rings (SSSR count). The first-order valence-corrected chi connectivity index (χ1v) is 13.4. The molecule has 1 heterocycles. The fraction of sp³-hybridized carbons (Fsp3) is 0.538. The average molecular weight is 459 g/mol. The molecule has 1 fully saturated rings. The number of rotatable bonds is 8. The van der Waals surface area contributed by atoms with E-state index in [9.17, 15) is 4.57 Å². The topological polar surface area (TPSA) is 42.0 Å². The fourth-order valence-electron chi connectivity index (χ4n) is 5.37. The van der Waals surface area contributed by atoms with Crippen molar-refractivity contribution < 1.29 is 13.6 Å². The number of hydrogen-bond donors (Lipinski definition) is 0. The highest BCUT2D eigenvalue weighted by molar-refractivity contribution is 7.53. The summed E-state index contributed by atoms with van der Waals surface area (Å²) in [6.07, 6.45) is 0.377. The van der Waals surface area contributed by atoms with Crippen molar-refractivity contribution in [2.45, 2.75) is 61.4 Å². The van der Waals surface area contributed by atoms with Crippen molar-refractivity contribution in [3.8, 4) is 0 Å². The molecular formula is C26H39N2O3P. The van der Waals surface area contributed by atoms with Gasteiger partial charge in [-0.05, 0) is 77.6 Å². The summed E-state index contributed by atoms with van der Waals surface area (Å²) >= 11 is 0. The van der Waals surface area contributed by atoms with Gasteiger partial charge in [0.25, 0.3) is 0 Å². The van der Waals surface area contributed by atoms with Gasteiger partial charge in [-0.1, -0.05) is 35.4 Å². The highest BCUT2D eigenvalue weighted by atomic mass is 31.2. The molecule has 32 heavy (non-hydrogen) atoms.